The first kappa shape index (κ1) is 27.8. The third-order valence-electron chi connectivity index (χ3n) is 4.84. The molecule has 0 saturated carbocycles. The molecule has 0 aliphatic carbocycles. The zero-order chi connectivity index (χ0) is 23.1. The SMILES string of the molecule is CC[C@@H](C)/C=C(\C)[C@H](O)[C@H](C)/C=C(C)/C=C/C=C\C=C\C=C(/C)C(=O)N[C@@H](C)CO. The minimum absolute atomic E-state index is 0.0478. The Kier molecular flexibility index (Phi) is 14.5. The minimum atomic E-state index is -0.464. The molecule has 30 heavy (non-hydrogen) atoms. The lowest BCUT2D eigenvalue weighted by molar-refractivity contribution is -0.118. The van der Waals surface area contributed by atoms with Crippen LogP contribution in [0, 0.1) is 11.8 Å². The molecule has 4 heteroatoms. The van der Waals surface area contributed by atoms with E-state index in [9.17, 15) is 9.90 Å². The summed E-state index contributed by atoms with van der Waals surface area (Å²) in [4.78, 5) is 11.8. The predicted octanol–water partition coefficient (Wildman–Crippen LogP) is 5.03. The number of aliphatic hydroxyl groups is 2. The lowest BCUT2D eigenvalue weighted by Gasteiger charge is -2.18. The first-order valence-corrected chi connectivity index (χ1v) is 10.8. The maximum atomic E-state index is 11.8. The molecule has 0 aromatic rings. The Morgan fingerprint density at radius 3 is 2.17 bits per heavy atom. The molecule has 0 heterocycles. The summed E-state index contributed by atoms with van der Waals surface area (Å²) in [6.07, 6.45) is 18.0. The normalized spacial score (nSPS) is 18.2. The van der Waals surface area contributed by atoms with Crippen LogP contribution in [0.3, 0.4) is 0 Å². The first-order valence-electron chi connectivity index (χ1n) is 10.8. The van der Waals surface area contributed by atoms with E-state index in [1.165, 1.54) is 0 Å². The highest BCUT2D eigenvalue weighted by atomic mass is 16.3. The van der Waals surface area contributed by atoms with E-state index in [0.29, 0.717) is 11.5 Å². The Bertz CT molecular complexity index is 695. The van der Waals surface area contributed by atoms with Crippen molar-refractivity contribution in [3.8, 4) is 0 Å². The van der Waals surface area contributed by atoms with Crippen molar-refractivity contribution in [1.82, 2.24) is 5.32 Å². The van der Waals surface area contributed by atoms with Gasteiger partial charge in [-0.2, -0.15) is 0 Å². The molecule has 1 amide bonds. The zero-order valence-corrected chi connectivity index (χ0v) is 19.7. The average molecular weight is 416 g/mol. The molecule has 0 aliphatic rings. The Balaban J connectivity index is 4.68. The Labute approximate surface area is 183 Å². The molecule has 0 aliphatic heterocycles. The van der Waals surface area contributed by atoms with Gasteiger partial charge in [0, 0.05) is 17.5 Å². The van der Waals surface area contributed by atoms with Gasteiger partial charge in [0.15, 0.2) is 0 Å². The number of amides is 1. The van der Waals surface area contributed by atoms with Gasteiger partial charge in [0.2, 0.25) is 5.91 Å². The summed E-state index contributed by atoms with van der Waals surface area (Å²) < 4.78 is 0. The summed E-state index contributed by atoms with van der Waals surface area (Å²) in [5, 5.41) is 22.1. The van der Waals surface area contributed by atoms with E-state index in [0.717, 1.165) is 17.6 Å². The van der Waals surface area contributed by atoms with Crippen molar-refractivity contribution in [2.75, 3.05) is 6.61 Å². The van der Waals surface area contributed by atoms with Crippen LogP contribution in [0.2, 0.25) is 0 Å². The second-order valence-corrected chi connectivity index (χ2v) is 8.05. The third-order valence-corrected chi connectivity index (χ3v) is 4.84. The molecule has 0 aromatic heterocycles. The molecule has 3 N–H and O–H groups in total. The third kappa shape index (κ3) is 12.4. The van der Waals surface area contributed by atoms with Crippen molar-refractivity contribution in [3.05, 3.63) is 71.4 Å². The van der Waals surface area contributed by atoms with Crippen molar-refractivity contribution in [1.29, 1.82) is 0 Å². The Morgan fingerprint density at radius 1 is 0.967 bits per heavy atom. The van der Waals surface area contributed by atoms with Gasteiger partial charge in [-0.25, -0.2) is 0 Å². The summed E-state index contributed by atoms with van der Waals surface area (Å²) in [5.41, 5.74) is 2.70. The molecule has 0 aromatic carbocycles. The highest BCUT2D eigenvalue weighted by Crippen LogP contribution is 2.18. The van der Waals surface area contributed by atoms with E-state index in [-0.39, 0.29) is 24.5 Å². The number of nitrogens with one attached hydrogen (secondary N) is 1. The highest BCUT2D eigenvalue weighted by Gasteiger charge is 2.14. The molecule has 0 spiro atoms. The van der Waals surface area contributed by atoms with Crippen molar-refractivity contribution < 1.29 is 15.0 Å². The van der Waals surface area contributed by atoms with Gasteiger partial charge < -0.3 is 15.5 Å². The topological polar surface area (TPSA) is 69.6 Å². The van der Waals surface area contributed by atoms with Crippen LogP contribution < -0.4 is 5.32 Å². The van der Waals surface area contributed by atoms with Crippen molar-refractivity contribution in [2.24, 2.45) is 11.8 Å². The van der Waals surface area contributed by atoms with Gasteiger partial charge >= 0.3 is 0 Å². The van der Waals surface area contributed by atoms with Crippen LogP contribution in [0.15, 0.2) is 71.4 Å². The maximum absolute atomic E-state index is 11.8. The van der Waals surface area contributed by atoms with E-state index in [1.807, 2.05) is 51.2 Å². The molecule has 0 unspecified atom stereocenters. The van der Waals surface area contributed by atoms with Gasteiger partial charge in [0.05, 0.1) is 12.7 Å². The van der Waals surface area contributed by atoms with Gasteiger partial charge in [-0.15, -0.1) is 0 Å². The lowest BCUT2D eigenvalue weighted by Crippen LogP contribution is -2.35. The van der Waals surface area contributed by atoms with Crippen LogP contribution in [-0.4, -0.2) is 34.9 Å². The summed E-state index contributed by atoms with van der Waals surface area (Å²) in [5.74, 6) is 0.343. The van der Waals surface area contributed by atoms with Gasteiger partial charge in [0.1, 0.15) is 0 Å². The van der Waals surface area contributed by atoms with Crippen LogP contribution in [0.1, 0.15) is 54.9 Å². The summed E-state index contributed by atoms with van der Waals surface area (Å²) in [6.45, 7) is 13.8. The number of allylic oxidation sites excluding steroid dienone is 9. The average Bonchev–Trinajstić information content (AvgIpc) is 2.71. The quantitative estimate of drug-likeness (QED) is 0.238. The van der Waals surface area contributed by atoms with Crippen LogP contribution >= 0.6 is 0 Å². The molecule has 4 nitrogen and oxygen atoms in total. The number of aliphatic hydroxyl groups excluding tert-OH is 2. The van der Waals surface area contributed by atoms with Gasteiger partial charge in [-0.1, -0.05) is 87.4 Å². The van der Waals surface area contributed by atoms with E-state index in [1.54, 1.807) is 26.0 Å². The molecule has 0 radical (unpaired) electrons. The van der Waals surface area contributed by atoms with E-state index in [2.05, 4.69) is 31.3 Å². The molecule has 0 bridgehead atoms. The Morgan fingerprint density at radius 2 is 1.57 bits per heavy atom. The predicted molar refractivity (Wildman–Crippen MR) is 128 cm³/mol. The fraction of sp³-hybridized carbons (Fsp3) is 0.500. The molecule has 168 valence electrons. The van der Waals surface area contributed by atoms with Gasteiger partial charge in [-0.3, -0.25) is 4.79 Å². The fourth-order valence-electron chi connectivity index (χ4n) is 2.70. The van der Waals surface area contributed by atoms with Crippen molar-refractivity contribution >= 4 is 5.91 Å². The van der Waals surface area contributed by atoms with Crippen molar-refractivity contribution in [2.45, 2.75) is 67.0 Å². The van der Waals surface area contributed by atoms with E-state index in [4.69, 9.17) is 5.11 Å². The second kappa shape index (κ2) is 15.6. The highest BCUT2D eigenvalue weighted by molar-refractivity contribution is 5.93. The Hall–Kier alpha value is -2.17. The van der Waals surface area contributed by atoms with Crippen LogP contribution in [-0.2, 0) is 4.79 Å². The summed E-state index contributed by atoms with van der Waals surface area (Å²) in [6, 6.07) is -0.255. The fourth-order valence-corrected chi connectivity index (χ4v) is 2.70. The number of rotatable bonds is 12. The number of hydrogen-bond donors (Lipinski definition) is 3. The molecular weight excluding hydrogens is 374 g/mol. The standard InChI is InChI=1S/C26H41NO3/c1-8-19(2)16-22(5)25(29)23(6)17-20(3)14-12-10-9-11-13-15-21(4)26(30)27-24(7)18-28/h9-17,19,23-25,28-29H,8,18H2,1-7H3,(H,27,30)/b10-9-,13-11+,14-12+,20-17+,21-15+,22-16+/t19-,23-,24+,25+/m1/s1. The number of carbonyl (C=O) groups is 1. The molecular formula is C26H41NO3. The lowest BCUT2D eigenvalue weighted by atomic mass is 9.93. The van der Waals surface area contributed by atoms with Crippen LogP contribution in [0.25, 0.3) is 0 Å². The summed E-state index contributed by atoms with van der Waals surface area (Å²) in [7, 11) is 0. The number of carbonyl (C=O) groups excluding carboxylic acids is 1. The van der Waals surface area contributed by atoms with Crippen molar-refractivity contribution in [3.63, 3.8) is 0 Å². The summed E-state index contributed by atoms with van der Waals surface area (Å²) >= 11 is 0. The van der Waals surface area contributed by atoms with E-state index < -0.39 is 6.10 Å². The van der Waals surface area contributed by atoms with Gasteiger partial charge in [-0.05, 0) is 39.2 Å². The first-order chi connectivity index (χ1) is 14.1. The largest absolute Gasteiger partial charge is 0.394 e. The van der Waals surface area contributed by atoms with Crippen LogP contribution in [0.5, 0.6) is 0 Å². The second-order valence-electron chi connectivity index (χ2n) is 8.05. The maximum Gasteiger partial charge on any atom is 0.247 e. The van der Waals surface area contributed by atoms with E-state index >= 15 is 0 Å². The minimum Gasteiger partial charge on any atom is -0.394 e. The van der Waals surface area contributed by atoms with Crippen LogP contribution in [0.4, 0.5) is 0 Å². The molecule has 0 fully saturated rings. The van der Waals surface area contributed by atoms with Gasteiger partial charge in [0.25, 0.3) is 0 Å². The molecule has 0 saturated heterocycles. The zero-order valence-electron chi connectivity index (χ0n) is 19.7. The smallest absolute Gasteiger partial charge is 0.247 e. The molecule has 4 atom stereocenters. The molecule has 0 rings (SSSR count). The monoisotopic (exact) mass is 415 g/mol. The number of hydrogen-bond acceptors (Lipinski definition) is 3.